The molecule has 1 aliphatic rings. The Morgan fingerprint density at radius 3 is 2.68 bits per heavy atom. The summed E-state index contributed by atoms with van der Waals surface area (Å²) >= 11 is 1.28. The summed E-state index contributed by atoms with van der Waals surface area (Å²) in [6.45, 7) is 4.80. The zero-order chi connectivity index (χ0) is 18.2. The number of esters is 1. The molecule has 0 bridgehead atoms. The smallest absolute Gasteiger partial charge is 0.348 e. The van der Waals surface area contributed by atoms with Gasteiger partial charge in [-0.25, -0.2) is 14.8 Å². The third-order valence-corrected chi connectivity index (χ3v) is 5.70. The highest BCUT2D eigenvalue weighted by Gasteiger charge is 2.38. The van der Waals surface area contributed by atoms with Crippen molar-refractivity contribution in [3.63, 3.8) is 0 Å². The van der Waals surface area contributed by atoms with E-state index in [4.69, 9.17) is 10.5 Å². The number of primary amides is 1. The fourth-order valence-corrected chi connectivity index (χ4v) is 4.06. The number of carbonyl (C=O) groups excluding carboxylic acids is 2. The van der Waals surface area contributed by atoms with Gasteiger partial charge < -0.3 is 20.5 Å². The summed E-state index contributed by atoms with van der Waals surface area (Å²) in [5.41, 5.74) is 4.59. The fourth-order valence-electron chi connectivity index (χ4n) is 3.02. The summed E-state index contributed by atoms with van der Waals surface area (Å²) < 4.78 is 5.10. The molecule has 8 nitrogen and oxygen atoms in total. The Labute approximate surface area is 148 Å². The number of nitrogens with two attached hydrogens (primary N) is 1. The van der Waals surface area contributed by atoms with Crippen LogP contribution in [0.1, 0.15) is 35.0 Å². The molecule has 2 aromatic rings. The lowest BCUT2D eigenvalue weighted by Crippen LogP contribution is -2.52. The highest BCUT2D eigenvalue weighted by molar-refractivity contribution is 7.20. The topological polar surface area (TPSA) is 119 Å². The Hall–Kier alpha value is -2.26. The third kappa shape index (κ3) is 3.05. The van der Waals surface area contributed by atoms with Gasteiger partial charge in [0.2, 0.25) is 5.91 Å². The minimum atomic E-state index is -1.47. The molecule has 1 amide bonds. The van der Waals surface area contributed by atoms with Gasteiger partial charge in [0, 0.05) is 25.9 Å². The molecule has 1 aliphatic heterocycles. The van der Waals surface area contributed by atoms with Gasteiger partial charge >= 0.3 is 5.97 Å². The standard InChI is InChI=1S/C16H20N4O4S/c1-3-24-14(21)11-9(2)10-12(18-8-19-13(10)25-11)20-6-4-16(23,5-7-20)15(17)22/h8,23H,3-7H2,1-2H3,(H2,17,22). The molecule has 0 radical (unpaired) electrons. The molecule has 0 saturated carbocycles. The zero-order valence-corrected chi connectivity index (χ0v) is 14.9. The number of hydrogen-bond acceptors (Lipinski definition) is 8. The van der Waals surface area contributed by atoms with Crippen LogP contribution < -0.4 is 10.6 Å². The van der Waals surface area contributed by atoms with Crippen LogP contribution in [0.4, 0.5) is 5.82 Å². The number of hydrogen-bond donors (Lipinski definition) is 2. The number of rotatable bonds is 4. The van der Waals surface area contributed by atoms with E-state index in [0.717, 1.165) is 10.9 Å². The minimum Gasteiger partial charge on any atom is -0.462 e. The predicted molar refractivity (Wildman–Crippen MR) is 93.7 cm³/mol. The van der Waals surface area contributed by atoms with Gasteiger partial charge in [0.15, 0.2) is 0 Å². The number of amides is 1. The first-order chi connectivity index (χ1) is 11.9. The van der Waals surface area contributed by atoms with E-state index in [0.29, 0.717) is 35.2 Å². The molecule has 3 N–H and O–H groups in total. The van der Waals surface area contributed by atoms with E-state index >= 15 is 0 Å². The van der Waals surface area contributed by atoms with E-state index < -0.39 is 11.5 Å². The average molecular weight is 364 g/mol. The van der Waals surface area contributed by atoms with E-state index in [1.807, 2.05) is 11.8 Å². The number of carbonyl (C=O) groups is 2. The number of nitrogens with zero attached hydrogens (tertiary/aromatic N) is 3. The lowest BCUT2D eigenvalue weighted by molar-refractivity contribution is -0.138. The average Bonchev–Trinajstić information content (AvgIpc) is 2.93. The van der Waals surface area contributed by atoms with Gasteiger partial charge in [-0.05, 0) is 19.4 Å². The van der Waals surface area contributed by atoms with Crippen molar-refractivity contribution in [2.75, 3.05) is 24.6 Å². The SMILES string of the molecule is CCOC(=O)c1sc2ncnc(N3CCC(O)(C(N)=O)CC3)c2c1C. The number of aliphatic hydroxyl groups is 1. The Morgan fingerprint density at radius 2 is 2.08 bits per heavy atom. The quantitative estimate of drug-likeness (QED) is 0.777. The van der Waals surface area contributed by atoms with E-state index in [9.17, 15) is 14.7 Å². The molecule has 0 aliphatic carbocycles. The van der Waals surface area contributed by atoms with Crippen molar-refractivity contribution in [1.29, 1.82) is 0 Å². The molecule has 0 atom stereocenters. The van der Waals surface area contributed by atoms with Crippen LogP contribution in [0.5, 0.6) is 0 Å². The lowest BCUT2D eigenvalue weighted by atomic mass is 9.90. The van der Waals surface area contributed by atoms with Gasteiger partial charge in [0.25, 0.3) is 0 Å². The Kier molecular flexibility index (Phi) is 4.61. The predicted octanol–water partition coefficient (Wildman–Crippen LogP) is 0.993. The lowest BCUT2D eigenvalue weighted by Gasteiger charge is -2.36. The van der Waals surface area contributed by atoms with Crippen LogP contribution in [0.15, 0.2) is 6.33 Å². The molecule has 1 fully saturated rings. The maximum absolute atomic E-state index is 12.1. The monoisotopic (exact) mass is 364 g/mol. The zero-order valence-electron chi connectivity index (χ0n) is 14.1. The fraction of sp³-hybridized carbons (Fsp3) is 0.500. The molecule has 1 saturated heterocycles. The van der Waals surface area contributed by atoms with Crippen molar-refractivity contribution in [3.05, 3.63) is 16.8 Å². The van der Waals surface area contributed by atoms with E-state index in [2.05, 4.69) is 9.97 Å². The van der Waals surface area contributed by atoms with Crippen LogP contribution in [0.3, 0.4) is 0 Å². The van der Waals surface area contributed by atoms with Crippen LogP contribution in [0, 0.1) is 6.92 Å². The van der Waals surface area contributed by atoms with Gasteiger partial charge in [0.1, 0.15) is 27.5 Å². The molecule has 25 heavy (non-hydrogen) atoms. The molecule has 3 rings (SSSR count). The highest BCUT2D eigenvalue weighted by Crippen LogP contribution is 2.36. The van der Waals surface area contributed by atoms with Crippen LogP contribution in [0.2, 0.25) is 0 Å². The number of anilines is 1. The second-order valence-electron chi connectivity index (χ2n) is 6.04. The molecule has 0 spiro atoms. The van der Waals surface area contributed by atoms with Gasteiger partial charge in [-0.15, -0.1) is 11.3 Å². The summed E-state index contributed by atoms with van der Waals surface area (Å²) in [7, 11) is 0. The number of aryl methyl sites for hydroxylation is 1. The van der Waals surface area contributed by atoms with Gasteiger partial charge in [0.05, 0.1) is 12.0 Å². The van der Waals surface area contributed by atoms with Gasteiger partial charge in [-0.3, -0.25) is 4.79 Å². The summed E-state index contributed by atoms with van der Waals surface area (Å²) in [4.78, 5) is 35.4. The summed E-state index contributed by atoms with van der Waals surface area (Å²) in [6.07, 6.45) is 1.93. The van der Waals surface area contributed by atoms with E-state index in [-0.39, 0.29) is 18.8 Å². The molecule has 2 aromatic heterocycles. The number of aromatic nitrogens is 2. The van der Waals surface area contributed by atoms with Crippen molar-refractivity contribution in [2.45, 2.75) is 32.3 Å². The van der Waals surface area contributed by atoms with Crippen molar-refractivity contribution in [3.8, 4) is 0 Å². The molecule has 9 heteroatoms. The maximum atomic E-state index is 12.1. The maximum Gasteiger partial charge on any atom is 0.348 e. The van der Waals surface area contributed by atoms with Crippen molar-refractivity contribution >= 4 is 39.2 Å². The normalized spacial score (nSPS) is 16.8. The minimum absolute atomic E-state index is 0.238. The first-order valence-corrected chi connectivity index (χ1v) is 8.87. The number of ether oxygens (including phenoxy) is 1. The third-order valence-electron chi connectivity index (χ3n) is 4.52. The Bertz CT molecular complexity index is 827. The first kappa shape index (κ1) is 17.6. The Morgan fingerprint density at radius 1 is 1.40 bits per heavy atom. The van der Waals surface area contributed by atoms with Crippen LogP contribution in [-0.2, 0) is 9.53 Å². The van der Waals surface area contributed by atoms with Crippen molar-refractivity contribution in [2.24, 2.45) is 5.73 Å². The Balaban J connectivity index is 1.95. The van der Waals surface area contributed by atoms with Crippen LogP contribution >= 0.6 is 11.3 Å². The summed E-state index contributed by atoms with van der Waals surface area (Å²) in [6, 6.07) is 0. The van der Waals surface area contributed by atoms with E-state index in [1.54, 1.807) is 6.92 Å². The molecule has 3 heterocycles. The second-order valence-corrected chi connectivity index (χ2v) is 7.04. The number of thiophene rings is 1. The van der Waals surface area contributed by atoms with Crippen molar-refractivity contribution < 1.29 is 19.4 Å². The van der Waals surface area contributed by atoms with Gasteiger partial charge in [-0.1, -0.05) is 0 Å². The largest absolute Gasteiger partial charge is 0.462 e. The van der Waals surface area contributed by atoms with Crippen molar-refractivity contribution in [1.82, 2.24) is 9.97 Å². The second kappa shape index (κ2) is 6.57. The van der Waals surface area contributed by atoms with Crippen LogP contribution in [0.25, 0.3) is 10.2 Å². The first-order valence-electron chi connectivity index (χ1n) is 8.06. The van der Waals surface area contributed by atoms with Gasteiger partial charge in [-0.2, -0.15) is 0 Å². The van der Waals surface area contributed by atoms with Crippen LogP contribution in [-0.4, -0.2) is 52.2 Å². The molecular weight excluding hydrogens is 344 g/mol. The molecule has 0 unspecified atom stereocenters. The molecule has 0 aromatic carbocycles. The van der Waals surface area contributed by atoms with E-state index in [1.165, 1.54) is 17.7 Å². The summed E-state index contributed by atoms with van der Waals surface area (Å²) in [5.74, 6) is -0.368. The highest BCUT2D eigenvalue weighted by atomic mass is 32.1. The summed E-state index contributed by atoms with van der Waals surface area (Å²) in [5, 5.41) is 11.0. The number of piperidine rings is 1. The molecular formula is C16H20N4O4S. The molecule has 134 valence electrons. The number of fused-ring (bicyclic) bond motifs is 1.